The van der Waals surface area contributed by atoms with Gasteiger partial charge >= 0.3 is 6.09 Å². The zero-order valence-electron chi connectivity index (χ0n) is 14.2. The van der Waals surface area contributed by atoms with Crippen molar-refractivity contribution in [2.45, 2.75) is 45.9 Å². The maximum Gasteiger partial charge on any atom is 0.408 e. The van der Waals surface area contributed by atoms with Crippen LogP contribution in [0.3, 0.4) is 0 Å². The molecule has 0 bridgehead atoms. The second-order valence-corrected chi connectivity index (χ2v) is 5.70. The molecular formula is C17H25N3O4. The minimum absolute atomic E-state index is 0.110. The average Bonchev–Trinajstić information content (AvgIpc) is 2.57. The van der Waals surface area contributed by atoms with Crippen molar-refractivity contribution in [3.05, 3.63) is 35.9 Å². The number of ether oxygens (including phenoxy) is 1. The maximum absolute atomic E-state index is 12.3. The quantitative estimate of drug-likeness (QED) is 0.665. The molecule has 7 nitrogen and oxygen atoms in total. The molecule has 132 valence electrons. The van der Waals surface area contributed by atoms with Gasteiger partial charge in [0.05, 0.1) is 0 Å². The Hall–Kier alpha value is -2.57. The molecule has 0 spiro atoms. The van der Waals surface area contributed by atoms with Crippen LogP contribution in [0.2, 0.25) is 0 Å². The van der Waals surface area contributed by atoms with E-state index in [0.29, 0.717) is 6.42 Å². The Kier molecular flexibility index (Phi) is 7.74. The third-order valence-corrected chi connectivity index (χ3v) is 3.77. The number of carbonyl (C=O) groups is 3. The molecule has 0 fully saturated rings. The number of alkyl carbamates (subject to hydrolysis) is 1. The molecule has 4 N–H and O–H groups in total. The molecule has 3 atom stereocenters. The SMILES string of the molecule is CCC(C)C(NC(=O)OCc1ccccc1)C(=O)NC(C)C(N)=O. The van der Waals surface area contributed by atoms with Crippen LogP contribution in [-0.4, -0.2) is 30.0 Å². The first kappa shape index (κ1) is 19.5. The molecule has 0 aliphatic rings. The summed E-state index contributed by atoms with van der Waals surface area (Å²) < 4.78 is 5.13. The molecule has 0 heterocycles. The Morgan fingerprint density at radius 3 is 2.29 bits per heavy atom. The van der Waals surface area contributed by atoms with Crippen molar-refractivity contribution < 1.29 is 19.1 Å². The van der Waals surface area contributed by atoms with Crippen LogP contribution < -0.4 is 16.4 Å². The number of primary amides is 1. The van der Waals surface area contributed by atoms with E-state index in [4.69, 9.17) is 10.5 Å². The molecular weight excluding hydrogens is 310 g/mol. The van der Waals surface area contributed by atoms with Crippen LogP contribution >= 0.6 is 0 Å². The van der Waals surface area contributed by atoms with Crippen molar-refractivity contribution in [1.82, 2.24) is 10.6 Å². The lowest BCUT2D eigenvalue weighted by molar-refractivity contribution is -0.129. The summed E-state index contributed by atoms with van der Waals surface area (Å²) in [5, 5.41) is 5.05. The monoisotopic (exact) mass is 335 g/mol. The second kappa shape index (κ2) is 9.54. The molecule has 0 aliphatic carbocycles. The van der Waals surface area contributed by atoms with Gasteiger partial charge < -0.3 is 21.1 Å². The summed E-state index contributed by atoms with van der Waals surface area (Å²) in [7, 11) is 0. The first-order valence-corrected chi connectivity index (χ1v) is 7.92. The lowest BCUT2D eigenvalue weighted by atomic mass is 9.98. The molecule has 1 rings (SSSR count). The van der Waals surface area contributed by atoms with Crippen LogP contribution in [0.4, 0.5) is 4.79 Å². The van der Waals surface area contributed by atoms with Gasteiger partial charge in [-0.1, -0.05) is 50.6 Å². The van der Waals surface area contributed by atoms with Gasteiger partial charge in [0, 0.05) is 0 Å². The van der Waals surface area contributed by atoms with Crippen molar-refractivity contribution >= 4 is 17.9 Å². The topological polar surface area (TPSA) is 111 Å². The molecule has 0 radical (unpaired) electrons. The summed E-state index contributed by atoms with van der Waals surface area (Å²) in [6.07, 6.45) is -0.0202. The molecule has 3 amide bonds. The maximum atomic E-state index is 12.3. The fraction of sp³-hybridized carbons (Fsp3) is 0.471. The van der Waals surface area contributed by atoms with Crippen LogP contribution in [0.5, 0.6) is 0 Å². The number of nitrogens with one attached hydrogen (secondary N) is 2. The first-order valence-electron chi connectivity index (χ1n) is 7.92. The van der Waals surface area contributed by atoms with Gasteiger partial charge in [-0.05, 0) is 18.4 Å². The molecule has 24 heavy (non-hydrogen) atoms. The average molecular weight is 335 g/mol. The number of amides is 3. The number of hydrogen-bond donors (Lipinski definition) is 3. The van der Waals surface area contributed by atoms with Crippen molar-refractivity contribution in [3.63, 3.8) is 0 Å². The molecule has 1 aromatic rings. The standard InChI is InChI=1S/C17H25N3O4/c1-4-11(2)14(16(22)19-12(3)15(18)21)20-17(23)24-10-13-8-6-5-7-9-13/h5-9,11-12,14H,4,10H2,1-3H3,(H2,18,21)(H,19,22)(H,20,23). The van der Waals surface area contributed by atoms with E-state index in [9.17, 15) is 14.4 Å². The summed E-state index contributed by atoms with van der Waals surface area (Å²) in [6, 6.07) is 7.61. The van der Waals surface area contributed by atoms with E-state index < -0.39 is 30.0 Å². The van der Waals surface area contributed by atoms with E-state index in [1.807, 2.05) is 44.2 Å². The third-order valence-electron chi connectivity index (χ3n) is 3.77. The minimum Gasteiger partial charge on any atom is -0.445 e. The van der Waals surface area contributed by atoms with Gasteiger partial charge in [0.2, 0.25) is 11.8 Å². The minimum atomic E-state index is -0.814. The van der Waals surface area contributed by atoms with Crippen molar-refractivity contribution in [3.8, 4) is 0 Å². The Morgan fingerprint density at radius 1 is 1.12 bits per heavy atom. The van der Waals surface area contributed by atoms with E-state index in [2.05, 4.69) is 10.6 Å². The van der Waals surface area contributed by atoms with Crippen LogP contribution in [0.1, 0.15) is 32.8 Å². The Balaban J connectivity index is 2.63. The van der Waals surface area contributed by atoms with Crippen molar-refractivity contribution in [2.75, 3.05) is 0 Å². The van der Waals surface area contributed by atoms with Crippen LogP contribution in [-0.2, 0) is 20.9 Å². The predicted molar refractivity (Wildman–Crippen MR) is 89.8 cm³/mol. The van der Waals surface area contributed by atoms with Crippen molar-refractivity contribution in [2.24, 2.45) is 11.7 Å². The van der Waals surface area contributed by atoms with E-state index in [0.717, 1.165) is 5.56 Å². The highest BCUT2D eigenvalue weighted by Gasteiger charge is 2.28. The van der Waals surface area contributed by atoms with E-state index in [1.54, 1.807) is 0 Å². The van der Waals surface area contributed by atoms with Crippen molar-refractivity contribution in [1.29, 1.82) is 0 Å². The Labute approximate surface area is 141 Å². The van der Waals surface area contributed by atoms with Crippen LogP contribution in [0.25, 0.3) is 0 Å². The summed E-state index contributed by atoms with van der Waals surface area (Å²) in [5.41, 5.74) is 5.99. The van der Waals surface area contributed by atoms with Gasteiger partial charge in [0.25, 0.3) is 0 Å². The molecule has 0 aliphatic heterocycles. The zero-order chi connectivity index (χ0) is 18.1. The highest BCUT2D eigenvalue weighted by atomic mass is 16.5. The normalized spacial score (nSPS) is 14.1. The molecule has 0 saturated heterocycles. The highest BCUT2D eigenvalue weighted by Crippen LogP contribution is 2.09. The van der Waals surface area contributed by atoms with E-state index >= 15 is 0 Å². The molecule has 0 aromatic heterocycles. The Morgan fingerprint density at radius 2 is 1.75 bits per heavy atom. The van der Waals surface area contributed by atoms with Gasteiger partial charge in [-0.15, -0.1) is 0 Å². The molecule has 7 heteroatoms. The van der Waals surface area contributed by atoms with E-state index in [-0.39, 0.29) is 12.5 Å². The number of rotatable bonds is 8. The number of hydrogen-bond acceptors (Lipinski definition) is 4. The summed E-state index contributed by atoms with van der Waals surface area (Å²) >= 11 is 0. The van der Waals surface area contributed by atoms with Gasteiger partial charge in [-0.25, -0.2) is 4.79 Å². The lowest BCUT2D eigenvalue weighted by Crippen LogP contribution is -2.54. The Bertz CT molecular complexity index is 562. The summed E-state index contributed by atoms with van der Waals surface area (Å²) in [6.45, 7) is 5.33. The first-order chi connectivity index (χ1) is 11.3. The smallest absolute Gasteiger partial charge is 0.408 e. The highest BCUT2D eigenvalue weighted by molar-refractivity contribution is 5.90. The van der Waals surface area contributed by atoms with Gasteiger partial charge in [0.1, 0.15) is 18.7 Å². The molecule has 0 saturated carbocycles. The fourth-order valence-corrected chi connectivity index (χ4v) is 1.97. The van der Waals surface area contributed by atoms with Crippen LogP contribution in [0, 0.1) is 5.92 Å². The van der Waals surface area contributed by atoms with Gasteiger partial charge in [-0.3, -0.25) is 9.59 Å². The largest absolute Gasteiger partial charge is 0.445 e. The number of carbonyl (C=O) groups excluding carboxylic acids is 3. The molecule has 3 unspecified atom stereocenters. The van der Waals surface area contributed by atoms with Gasteiger partial charge in [-0.2, -0.15) is 0 Å². The summed E-state index contributed by atoms with van der Waals surface area (Å²) in [4.78, 5) is 35.3. The summed E-state index contributed by atoms with van der Waals surface area (Å²) in [5.74, 6) is -1.24. The fourth-order valence-electron chi connectivity index (χ4n) is 1.97. The number of nitrogens with two attached hydrogens (primary N) is 1. The van der Waals surface area contributed by atoms with E-state index in [1.165, 1.54) is 6.92 Å². The van der Waals surface area contributed by atoms with Crippen LogP contribution in [0.15, 0.2) is 30.3 Å². The zero-order valence-corrected chi connectivity index (χ0v) is 14.2. The molecule has 1 aromatic carbocycles. The lowest BCUT2D eigenvalue weighted by Gasteiger charge is -2.24. The second-order valence-electron chi connectivity index (χ2n) is 5.70. The predicted octanol–water partition coefficient (Wildman–Crippen LogP) is 1.32. The van der Waals surface area contributed by atoms with Gasteiger partial charge in [0.15, 0.2) is 0 Å². The third kappa shape index (κ3) is 6.28. The number of benzene rings is 1.